The highest BCUT2D eigenvalue weighted by atomic mass is 16.1. The molecule has 0 heterocycles. The van der Waals surface area contributed by atoms with Crippen LogP contribution < -0.4 is 5.32 Å². The van der Waals surface area contributed by atoms with Gasteiger partial charge in [-0.2, -0.15) is 5.26 Å². The lowest BCUT2D eigenvalue weighted by molar-refractivity contribution is -0.117. The zero-order chi connectivity index (χ0) is 14.5. The third-order valence-corrected chi connectivity index (χ3v) is 3.45. The van der Waals surface area contributed by atoms with E-state index in [-0.39, 0.29) is 11.9 Å². The molecule has 20 heavy (non-hydrogen) atoms. The van der Waals surface area contributed by atoms with Gasteiger partial charge in [-0.25, -0.2) is 0 Å². The maximum Gasteiger partial charge on any atom is 0.244 e. The van der Waals surface area contributed by atoms with Gasteiger partial charge in [-0.05, 0) is 44.1 Å². The van der Waals surface area contributed by atoms with Crippen LogP contribution in [0.15, 0.2) is 30.4 Å². The van der Waals surface area contributed by atoms with Crippen LogP contribution in [-0.4, -0.2) is 31.4 Å². The SMILES string of the molecule is CN(C)C/C=C/C(=O)N[C@@H]1CCc2c(C#N)cccc21. The number of hydrogen-bond acceptors (Lipinski definition) is 3. The van der Waals surface area contributed by atoms with Crippen LogP contribution in [0.2, 0.25) is 0 Å². The minimum atomic E-state index is -0.0768. The van der Waals surface area contributed by atoms with E-state index in [1.54, 1.807) is 6.08 Å². The maximum atomic E-state index is 11.9. The van der Waals surface area contributed by atoms with Crippen molar-refractivity contribution >= 4 is 5.91 Å². The van der Waals surface area contributed by atoms with Crippen molar-refractivity contribution < 1.29 is 4.79 Å². The number of nitrogens with one attached hydrogen (secondary N) is 1. The topological polar surface area (TPSA) is 56.1 Å². The first-order chi connectivity index (χ1) is 9.61. The van der Waals surface area contributed by atoms with Gasteiger partial charge in [0.05, 0.1) is 17.7 Å². The van der Waals surface area contributed by atoms with Crippen LogP contribution in [0.3, 0.4) is 0 Å². The first-order valence-corrected chi connectivity index (χ1v) is 6.75. The molecule has 0 unspecified atom stereocenters. The molecule has 1 aromatic carbocycles. The first-order valence-electron chi connectivity index (χ1n) is 6.75. The van der Waals surface area contributed by atoms with E-state index >= 15 is 0 Å². The summed E-state index contributed by atoms with van der Waals surface area (Å²) in [5.41, 5.74) is 2.89. The third-order valence-electron chi connectivity index (χ3n) is 3.45. The number of likely N-dealkylation sites (N-methyl/N-ethyl adjacent to an activating group) is 1. The van der Waals surface area contributed by atoms with E-state index in [2.05, 4.69) is 11.4 Å². The standard InChI is InChI=1S/C16H19N3O/c1-19(2)10-4-7-16(20)18-15-9-8-13-12(11-17)5-3-6-14(13)15/h3-7,15H,8-10H2,1-2H3,(H,18,20)/b7-4+/t15-/m1/s1. The van der Waals surface area contributed by atoms with Gasteiger partial charge in [-0.15, -0.1) is 0 Å². The van der Waals surface area contributed by atoms with E-state index in [9.17, 15) is 4.79 Å². The average molecular weight is 269 g/mol. The number of fused-ring (bicyclic) bond motifs is 1. The van der Waals surface area contributed by atoms with Gasteiger partial charge in [0.2, 0.25) is 5.91 Å². The molecule has 104 valence electrons. The summed E-state index contributed by atoms with van der Waals surface area (Å²) >= 11 is 0. The normalized spacial score (nSPS) is 17.2. The number of nitrogens with zero attached hydrogens (tertiary/aromatic N) is 2. The lowest BCUT2D eigenvalue weighted by atomic mass is 10.0. The highest BCUT2D eigenvalue weighted by molar-refractivity contribution is 5.88. The molecule has 0 aliphatic heterocycles. The van der Waals surface area contributed by atoms with E-state index in [1.807, 2.05) is 43.3 Å². The Hall–Kier alpha value is -2.12. The summed E-state index contributed by atoms with van der Waals surface area (Å²) in [5, 5.41) is 12.1. The number of hydrogen-bond donors (Lipinski definition) is 1. The second-order valence-corrected chi connectivity index (χ2v) is 5.25. The third kappa shape index (κ3) is 3.25. The van der Waals surface area contributed by atoms with E-state index in [1.165, 1.54) is 0 Å². The van der Waals surface area contributed by atoms with E-state index in [0.29, 0.717) is 0 Å². The van der Waals surface area contributed by atoms with Crippen LogP contribution in [0.1, 0.15) is 29.2 Å². The Kier molecular flexibility index (Phi) is 4.54. The zero-order valence-electron chi connectivity index (χ0n) is 11.9. The monoisotopic (exact) mass is 269 g/mol. The molecule has 4 heteroatoms. The number of rotatable bonds is 4. The van der Waals surface area contributed by atoms with E-state index in [4.69, 9.17) is 5.26 Å². The molecule has 0 bridgehead atoms. The van der Waals surface area contributed by atoms with Crippen molar-refractivity contribution in [2.45, 2.75) is 18.9 Å². The molecule has 0 aromatic heterocycles. The number of amides is 1. The zero-order valence-corrected chi connectivity index (χ0v) is 11.9. The maximum absolute atomic E-state index is 11.9. The van der Waals surface area contributed by atoms with Crippen LogP contribution in [0.4, 0.5) is 0 Å². The van der Waals surface area contributed by atoms with Crippen molar-refractivity contribution in [1.29, 1.82) is 5.26 Å². The van der Waals surface area contributed by atoms with Gasteiger partial charge in [-0.1, -0.05) is 18.2 Å². The van der Waals surface area contributed by atoms with Crippen molar-refractivity contribution in [3.63, 3.8) is 0 Å². The fourth-order valence-electron chi connectivity index (χ4n) is 2.50. The Morgan fingerprint density at radius 2 is 2.35 bits per heavy atom. The molecule has 2 rings (SSSR count). The van der Waals surface area contributed by atoms with Crippen molar-refractivity contribution in [1.82, 2.24) is 10.2 Å². The molecule has 0 saturated heterocycles. The number of carbonyl (C=O) groups is 1. The molecule has 0 spiro atoms. The molecule has 1 aliphatic carbocycles. The molecular formula is C16H19N3O. The Balaban J connectivity index is 2.03. The number of carbonyl (C=O) groups excluding carboxylic acids is 1. The van der Waals surface area contributed by atoms with Crippen LogP contribution in [0, 0.1) is 11.3 Å². The summed E-state index contributed by atoms with van der Waals surface area (Å²) < 4.78 is 0. The fraction of sp³-hybridized carbons (Fsp3) is 0.375. The molecule has 4 nitrogen and oxygen atoms in total. The Labute approximate surface area is 119 Å². The molecule has 0 saturated carbocycles. The van der Waals surface area contributed by atoms with Crippen LogP contribution in [-0.2, 0) is 11.2 Å². The average Bonchev–Trinajstić information content (AvgIpc) is 2.81. The van der Waals surface area contributed by atoms with Crippen molar-refractivity contribution in [3.8, 4) is 6.07 Å². The lowest BCUT2D eigenvalue weighted by Crippen LogP contribution is -2.25. The molecule has 1 aliphatic rings. The minimum absolute atomic E-state index is 0.0230. The number of nitriles is 1. The predicted molar refractivity (Wildman–Crippen MR) is 78.1 cm³/mol. The van der Waals surface area contributed by atoms with Gasteiger partial charge in [0, 0.05) is 12.6 Å². The molecule has 0 radical (unpaired) electrons. The Bertz CT molecular complexity index is 570. The second-order valence-electron chi connectivity index (χ2n) is 5.25. The highest BCUT2D eigenvalue weighted by Gasteiger charge is 2.25. The van der Waals surface area contributed by atoms with Crippen molar-refractivity contribution in [2.24, 2.45) is 0 Å². The van der Waals surface area contributed by atoms with Crippen LogP contribution in [0.25, 0.3) is 0 Å². The first kappa shape index (κ1) is 14.3. The summed E-state index contributed by atoms with van der Waals surface area (Å²) in [4.78, 5) is 13.9. The second kappa shape index (κ2) is 6.36. The number of benzene rings is 1. The van der Waals surface area contributed by atoms with E-state index < -0.39 is 0 Å². The molecular weight excluding hydrogens is 250 g/mol. The Morgan fingerprint density at radius 3 is 3.05 bits per heavy atom. The van der Waals surface area contributed by atoms with Gasteiger partial charge in [0.1, 0.15) is 0 Å². The van der Waals surface area contributed by atoms with Crippen molar-refractivity contribution in [2.75, 3.05) is 20.6 Å². The quantitative estimate of drug-likeness (QED) is 0.848. The van der Waals surface area contributed by atoms with Gasteiger partial charge < -0.3 is 10.2 Å². The van der Waals surface area contributed by atoms with E-state index in [0.717, 1.165) is 36.1 Å². The molecule has 1 atom stereocenters. The summed E-state index contributed by atoms with van der Waals surface area (Å²) in [5.74, 6) is -0.0768. The lowest BCUT2D eigenvalue weighted by Gasteiger charge is -2.13. The van der Waals surface area contributed by atoms with Crippen molar-refractivity contribution in [3.05, 3.63) is 47.0 Å². The van der Waals surface area contributed by atoms with Gasteiger partial charge >= 0.3 is 0 Å². The predicted octanol–water partition coefficient (Wildman–Crippen LogP) is 1.78. The Morgan fingerprint density at radius 1 is 1.55 bits per heavy atom. The van der Waals surface area contributed by atoms with Gasteiger partial charge in [0.25, 0.3) is 0 Å². The fourth-order valence-corrected chi connectivity index (χ4v) is 2.50. The molecule has 1 amide bonds. The summed E-state index contributed by atoms with van der Waals surface area (Å²) in [6.45, 7) is 0.743. The molecule has 0 fully saturated rings. The molecule has 1 aromatic rings. The van der Waals surface area contributed by atoms with Crippen LogP contribution >= 0.6 is 0 Å². The highest BCUT2D eigenvalue weighted by Crippen LogP contribution is 2.32. The smallest absolute Gasteiger partial charge is 0.244 e. The minimum Gasteiger partial charge on any atom is -0.346 e. The summed E-state index contributed by atoms with van der Waals surface area (Å²) in [7, 11) is 3.91. The van der Waals surface area contributed by atoms with Gasteiger partial charge in [-0.3, -0.25) is 4.79 Å². The molecule has 1 N–H and O–H groups in total. The summed E-state index contributed by atoms with van der Waals surface area (Å²) in [6.07, 6.45) is 5.13. The van der Waals surface area contributed by atoms with Gasteiger partial charge in [0.15, 0.2) is 0 Å². The van der Waals surface area contributed by atoms with Crippen LogP contribution in [0.5, 0.6) is 0 Å². The summed E-state index contributed by atoms with van der Waals surface area (Å²) in [6, 6.07) is 7.95. The largest absolute Gasteiger partial charge is 0.346 e.